The third-order valence-corrected chi connectivity index (χ3v) is 8.21. The number of fused-ring (bicyclic) bond motifs is 1. The number of carbonyl (C=O) groups excluding carboxylic acids is 3. The summed E-state index contributed by atoms with van der Waals surface area (Å²) in [7, 11) is 3.81. The van der Waals surface area contributed by atoms with Gasteiger partial charge in [-0.15, -0.1) is 11.3 Å². The molecule has 208 valence electrons. The van der Waals surface area contributed by atoms with E-state index in [0.29, 0.717) is 56.0 Å². The summed E-state index contributed by atoms with van der Waals surface area (Å²) in [5.74, 6) is -0.351. The highest BCUT2D eigenvalue weighted by atomic mass is 35.5. The Balaban J connectivity index is 1.75. The van der Waals surface area contributed by atoms with E-state index in [1.54, 1.807) is 6.07 Å². The molecule has 0 aliphatic carbocycles. The van der Waals surface area contributed by atoms with Gasteiger partial charge in [0.05, 0.1) is 21.1 Å². The van der Waals surface area contributed by atoms with E-state index in [0.717, 1.165) is 34.5 Å². The van der Waals surface area contributed by atoms with Crippen molar-refractivity contribution in [2.24, 2.45) is 11.8 Å². The van der Waals surface area contributed by atoms with Crippen LogP contribution in [0.4, 0.5) is 0 Å². The largest absolute Gasteiger partial charge is 0.381 e. The fourth-order valence-electron chi connectivity index (χ4n) is 4.94. The zero-order chi connectivity index (χ0) is 27.7. The third kappa shape index (κ3) is 9.26. The normalized spacial score (nSPS) is 15.9. The number of amides is 1. The first kappa shape index (κ1) is 30.4. The van der Waals surface area contributed by atoms with Gasteiger partial charge in [-0.05, 0) is 63.9 Å². The highest BCUT2D eigenvalue weighted by molar-refractivity contribution is 7.18. The van der Waals surface area contributed by atoms with Crippen molar-refractivity contribution in [2.45, 2.75) is 64.3 Å². The molecular weight excluding hydrogens is 522 g/mol. The number of Topliss-reactive ketones (excluding diaryl/α,β-unsaturated/α-hetero) is 2. The topological polar surface area (TPSA) is 88.6 Å². The summed E-state index contributed by atoms with van der Waals surface area (Å²) in [6, 6.07) is 5.38. The summed E-state index contributed by atoms with van der Waals surface area (Å²) in [5, 5.41) is 4.70. The van der Waals surface area contributed by atoms with Gasteiger partial charge in [-0.3, -0.25) is 14.4 Å². The standard InChI is InChI=1S/C29H40ClN3O4S/c1-5-6-23(34)15-21(16-28-31-25-8-7-22(30)17-27(25)38-28)29(36)32-24(20-11-13-37-14-12-20)9-10-26(35)19(2)18-33(3)4/h7-8,17,20-21,24H,2,5-6,9-16,18H2,1,3-4H3,(H,32,36)/t21-,24+/m0/s1. The van der Waals surface area contributed by atoms with E-state index in [4.69, 9.17) is 21.3 Å². The van der Waals surface area contributed by atoms with Gasteiger partial charge in [-0.1, -0.05) is 25.1 Å². The van der Waals surface area contributed by atoms with Gasteiger partial charge in [-0.2, -0.15) is 0 Å². The number of nitrogens with one attached hydrogen (secondary N) is 1. The van der Waals surface area contributed by atoms with Crippen LogP contribution in [0.1, 0.15) is 56.9 Å². The maximum absolute atomic E-state index is 13.7. The lowest BCUT2D eigenvalue weighted by atomic mass is 9.86. The Labute approximate surface area is 235 Å². The van der Waals surface area contributed by atoms with Crippen LogP contribution in [-0.4, -0.2) is 67.3 Å². The van der Waals surface area contributed by atoms with Gasteiger partial charge in [0.2, 0.25) is 5.91 Å². The highest BCUT2D eigenvalue weighted by Gasteiger charge is 2.30. The average molecular weight is 562 g/mol. The second-order valence-corrected chi connectivity index (χ2v) is 12.0. The molecule has 1 N–H and O–H groups in total. The van der Waals surface area contributed by atoms with Crippen molar-refractivity contribution in [3.05, 3.63) is 40.4 Å². The number of halogens is 1. The molecule has 0 radical (unpaired) electrons. The molecule has 1 aliphatic rings. The maximum atomic E-state index is 13.7. The first-order valence-corrected chi connectivity index (χ1v) is 14.7. The molecule has 2 aromatic rings. The number of aromatic nitrogens is 1. The number of likely N-dealkylation sites (N-methyl/N-ethyl adjacent to an activating group) is 1. The molecule has 0 spiro atoms. The summed E-state index contributed by atoms with van der Waals surface area (Å²) in [6.45, 7) is 7.71. The molecule has 1 aliphatic heterocycles. The molecule has 1 saturated heterocycles. The van der Waals surface area contributed by atoms with Crippen molar-refractivity contribution in [3.63, 3.8) is 0 Å². The summed E-state index contributed by atoms with van der Waals surface area (Å²) < 4.78 is 6.51. The monoisotopic (exact) mass is 561 g/mol. The van der Waals surface area contributed by atoms with Gasteiger partial charge in [0.15, 0.2) is 5.78 Å². The van der Waals surface area contributed by atoms with Crippen LogP contribution in [0.2, 0.25) is 5.02 Å². The SMILES string of the molecule is C=C(CN(C)C)C(=O)CC[C@@H](NC(=O)[C@@H](CC(=O)CCC)Cc1nc2ccc(Cl)cc2s1)C1CCOCC1. The molecule has 2 heterocycles. The number of ketones is 2. The first-order chi connectivity index (χ1) is 18.2. The number of ether oxygens (including phenoxy) is 1. The number of rotatable bonds is 15. The second-order valence-electron chi connectivity index (χ2n) is 10.5. The van der Waals surface area contributed by atoms with Crippen LogP contribution in [0.5, 0.6) is 0 Å². The molecule has 7 nitrogen and oxygen atoms in total. The molecule has 0 unspecified atom stereocenters. The Morgan fingerprint density at radius 3 is 2.66 bits per heavy atom. The smallest absolute Gasteiger partial charge is 0.224 e. The molecule has 1 aromatic heterocycles. The lowest BCUT2D eigenvalue weighted by Crippen LogP contribution is -2.46. The van der Waals surface area contributed by atoms with E-state index in [1.165, 1.54) is 11.3 Å². The average Bonchev–Trinajstić information content (AvgIpc) is 3.27. The van der Waals surface area contributed by atoms with E-state index < -0.39 is 5.92 Å². The van der Waals surface area contributed by atoms with Gasteiger partial charge in [0.1, 0.15) is 5.78 Å². The van der Waals surface area contributed by atoms with Crippen LogP contribution in [0, 0.1) is 11.8 Å². The van der Waals surface area contributed by atoms with Crippen LogP contribution in [0.3, 0.4) is 0 Å². The fraction of sp³-hybridized carbons (Fsp3) is 0.586. The molecule has 38 heavy (non-hydrogen) atoms. The Morgan fingerprint density at radius 2 is 1.97 bits per heavy atom. The summed E-state index contributed by atoms with van der Waals surface area (Å²) >= 11 is 7.65. The van der Waals surface area contributed by atoms with Crippen LogP contribution in [-0.2, 0) is 25.5 Å². The molecule has 1 aromatic carbocycles. The quantitative estimate of drug-likeness (QED) is 0.299. The van der Waals surface area contributed by atoms with E-state index >= 15 is 0 Å². The minimum Gasteiger partial charge on any atom is -0.381 e. The molecule has 0 saturated carbocycles. The van der Waals surface area contributed by atoms with Crippen molar-refractivity contribution < 1.29 is 19.1 Å². The summed E-state index contributed by atoms with van der Waals surface area (Å²) in [4.78, 5) is 45.7. The van der Waals surface area contributed by atoms with Gasteiger partial charge in [0, 0.05) is 62.1 Å². The predicted molar refractivity (Wildman–Crippen MR) is 154 cm³/mol. The van der Waals surface area contributed by atoms with Gasteiger partial charge in [-0.25, -0.2) is 4.98 Å². The Kier molecular flexibility index (Phi) is 11.9. The molecular formula is C29H40ClN3O4S. The van der Waals surface area contributed by atoms with Crippen molar-refractivity contribution in [3.8, 4) is 0 Å². The first-order valence-electron chi connectivity index (χ1n) is 13.5. The second kappa shape index (κ2) is 14.9. The number of hydrogen-bond acceptors (Lipinski definition) is 7. The van der Waals surface area contributed by atoms with Gasteiger partial charge >= 0.3 is 0 Å². The summed E-state index contributed by atoms with van der Waals surface area (Å²) in [5.41, 5.74) is 1.41. The number of benzene rings is 1. The molecule has 2 atom stereocenters. The van der Waals surface area contributed by atoms with Crippen molar-refractivity contribution in [1.82, 2.24) is 15.2 Å². The number of thiazole rings is 1. The zero-order valence-corrected chi connectivity index (χ0v) is 24.3. The van der Waals surface area contributed by atoms with Crippen LogP contribution >= 0.6 is 22.9 Å². The Morgan fingerprint density at radius 1 is 1.24 bits per heavy atom. The van der Waals surface area contributed by atoms with E-state index in [1.807, 2.05) is 38.1 Å². The lowest BCUT2D eigenvalue weighted by molar-refractivity contribution is -0.130. The molecule has 1 fully saturated rings. The highest BCUT2D eigenvalue weighted by Crippen LogP contribution is 2.28. The van der Waals surface area contributed by atoms with Gasteiger partial charge < -0.3 is 15.0 Å². The molecule has 9 heteroatoms. The number of hydrogen-bond donors (Lipinski definition) is 1. The third-order valence-electron chi connectivity index (χ3n) is 6.94. The van der Waals surface area contributed by atoms with E-state index in [2.05, 4.69) is 11.9 Å². The van der Waals surface area contributed by atoms with E-state index in [9.17, 15) is 14.4 Å². The van der Waals surface area contributed by atoms with E-state index in [-0.39, 0.29) is 35.9 Å². The van der Waals surface area contributed by atoms with Gasteiger partial charge in [0.25, 0.3) is 0 Å². The zero-order valence-electron chi connectivity index (χ0n) is 22.8. The van der Waals surface area contributed by atoms with Crippen LogP contribution in [0.25, 0.3) is 10.2 Å². The minimum absolute atomic E-state index is 0.0211. The van der Waals surface area contributed by atoms with Crippen molar-refractivity contribution >= 4 is 50.6 Å². The minimum atomic E-state index is -0.521. The molecule has 1 amide bonds. The maximum Gasteiger partial charge on any atom is 0.224 e. The Bertz CT molecular complexity index is 1130. The number of carbonyl (C=O) groups is 3. The van der Waals surface area contributed by atoms with Crippen LogP contribution in [0.15, 0.2) is 30.4 Å². The van der Waals surface area contributed by atoms with Crippen molar-refractivity contribution in [2.75, 3.05) is 33.9 Å². The summed E-state index contributed by atoms with van der Waals surface area (Å²) in [6.07, 6.45) is 4.28. The fourth-order valence-corrected chi connectivity index (χ4v) is 6.26. The predicted octanol–water partition coefficient (Wildman–Crippen LogP) is 5.25. The van der Waals surface area contributed by atoms with Crippen LogP contribution < -0.4 is 5.32 Å². The van der Waals surface area contributed by atoms with Crippen molar-refractivity contribution in [1.29, 1.82) is 0 Å². The lowest BCUT2D eigenvalue weighted by Gasteiger charge is -2.32. The Hall–Kier alpha value is -2.13. The number of nitrogens with zero attached hydrogens (tertiary/aromatic N) is 2. The molecule has 3 rings (SSSR count). The molecule has 0 bridgehead atoms.